The van der Waals surface area contributed by atoms with Gasteiger partial charge in [-0.05, 0) is 0 Å². The second-order valence-electron chi connectivity index (χ2n) is 8.58. The third kappa shape index (κ3) is 4.17. The van der Waals surface area contributed by atoms with Crippen molar-refractivity contribution in [1.29, 1.82) is 0 Å². The van der Waals surface area contributed by atoms with Gasteiger partial charge in [0.15, 0.2) is 0 Å². The fourth-order valence-electron chi connectivity index (χ4n) is 4.85. The van der Waals surface area contributed by atoms with Gasteiger partial charge in [-0.15, -0.1) is 0 Å². The van der Waals surface area contributed by atoms with Gasteiger partial charge in [0.2, 0.25) is 0 Å². The molecule has 0 heterocycles. The summed E-state index contributed by atoms with van der Waals surface area (Å²) < 4.78 is 35.7. The summed E-state index contributed by atoms with van der Waals surface area (Å²) in [5.74, 6) is 0. The van der Waals surface area contributed by atoms with Crippen molar-refractivity contribution in [3.63, 3.8) is 0 Å². The molecule has 0 atom stereocenters. The van der Waals surface area contributed by atoms with Gasteiger partial charge in [0.05, 0.1) is 0 Å². The molecule has 0 N–H and O–H groups in total. The van der Waals surface area contributed by atoms with Gasteiger partial charge >= 0.3 is 239 Å². The van der Waals surface area contributed by atoms with Gasteiger partial charge in [-0.3, -0.25) is 0 Å². The van der Waals surface area contributed by atoms with E-state index in [0.717, 1.165) is 0 Å². The predicted molar refractivity (Wildman–Crippen MR) is 161 cm³/mol. The van der Waals surface area contributed by atoms with Crippen LogP contribution in [-0.2, 0) is 14.1 Å². The van der Waals surface area contributed by atoms with Gasteiger partial charge in [0, 0.05) is 0 Å². The van der Waals surface area contributed by atoms with Gasteiger partial charge in [0.25, 0.3) is 0 Å². The van der Waals surface area contributed by atoms with Crippen molar-refractivity contribution >= 4 is 73.0 Å². The van der Waals surface area contributed by atoms with E-state index in [4.69, 9.17) is 38.8 Å². The SMILES string of the molecule is O=S(=O)(OP(c1ccccc1)(c1ccccc1)(c1ccccc1)c1ccccc1)c1ccc(Cl)c(Cl)c1Cl. The first-order chi connectivity index (χ1) is 18.3. The molecule has 0 aliphatic carbocycles. The molecule has 192 valence electrons. The van der Waals surface area contributed by atoms with Crippen LogP contribution in [0.15, 0.2) is 138 Å². The van der Waals surface area contributed by atoms with E-state index in [1.807, 2.05) is 121 Å². The van der Waals surface area contributed by atoms with E-state index in [2.05, 4.69) is 0 Å². The normalized spacial score (nSPS) is 13.0. The summed E-state index contributed by atoms with van der Waals surface area (Å²) >= 11 is 18.9. The van der Waals surface area contributed by atoms with Crippen molar-refractivity contribution in [3.8, 4) is 0 Å². The van der Waals surface area contributed by atoms with Crippen molar-refractivity contribution in [2.45, 2.75) is 4.90 Å². The Morgan fingerprint density at radius 2 is 0.816 bits per heavy atom. The molecule has 8 heteroatoms. The van der Waals surface area contributed by atoms with Gasteiger partial charge < -0.3 is 0 Å². The number of hydrogen-bond acceptors (Lipinski definition) is 3. The molecule has 5 aromatic carbocycles. The van der Waals surface area contributed by atoms with Crippen LogP contribution < -0.4 is 21.2 Å². The molecule has 0 aliphatic rings. The summed E-state index contributed by atoms with van der Waals surface area (Å²) in [7, 11) is -4.56. The molecule has 0 amide bonds. The Morgan fingerprint density at radius 3 is 1.16 bits per heavy atom. The summed E-state index contributed by atoms with van der Waals surface area (Å²) in [4.78, 5) is -0.263. The van der Waals surface area contributed by atoms with E-state index in [1.54, 1.807) is 0 Å². The van der Waals surface area contributed by atoms with Crippen LogP contribution in [0.1, 0.15) is 0 Å². The van der Waals surface area contributed by atoms with Gasteiger partial charge in [-0.2, -0.15) is 0 Å². The first-order valence-corrected chi connectivity index (χ1v) is 16.3. The van der Waals surface area contributed by atoms with E-state index >= 15 is 0 Å². The molecule has 5 aromatic rings. The summed E-state index contributed by atoms with van der Waals surface area (Å²) in [5.41, 5.74) is 0. The molecule has 0 aliphatic heterocycles. The van der Waals surface area contributed by atoms with Crippen LogP contribution in [0.3, 0.4) is 0 Å². The van der Waals surface area contributed by atoms with Crippen LogP contribution in [0.25, 0.3) is 0 Å². The zero-order valence-electron chi connectivity index (χ0n) is 19.9. The Morgan fingerprint density at radius 1 is 0.474 bits per heavy atom. The van der Waals surface area contributed by atoms with E-state index in [0.29, 0.717) is 21.2 Å². The number of hydrogen-bond donors (Lipinski definition) is 0. The van der Waals surface area contributed by atoms with Crippen LogP contribution in [0, 0.1) is 0 Å². The first-order valence-electron chi connectivity index (χ1n) is 11.7. The molecule has 3 nitrogen and oxygen atoms in total. The average molecular weight is 600 g/mol. The molecule has 5 rings (SSSR count). The summed E-state index contributed by atoms with van der Waals surface area (Å²) in [6.45, 7) is -4.48. The van der Waals surface area contributed by atoms with Crippen LogP contribution in [0.4, 0.5) is 0 Å². The van der Waals surface area contributed by atoms with Gasteiger partial charge in [0.1, 0.15) is 0 Å². The molecule has 0 aromatic heterocycles. The second-order valence-corrected chi connectivity index (χ2v) is 15.8. The Balaban J connectivity index is 2.01. The number of halogens is 3. The van der Waals surface area contributed by atoms with E-state index in [1.165, 1.54) is 12.1 Å². The molecule has 0 fully saturated rings. The fraction of sp³-hybridized carbons (Fsp3) is 0. The molecule has 0 radical (unpaired) electrons. The van der Waals surface area contributed by atoms with Crippen molar-refractivity contribution in [3.05, 3.63) is 149 Å². The fourth-order valence-corrected chi connectivity index (χ4v) is 14.3. The van der Waals surface area contributed by atoms with Crippen LogP contribution in [-0.4, -0.2) is 8.42 Å². The van der Waals surface area contributed by atoms with Crippen molar-refractivity contribution in [2.24, 2.45) is 0 Å². The standard InChI is InChI=1S/C30H22Cl3O3PS/c31-27-21-22-28(30(33)29(27)32)38(34,35)36-37(23-13-5-1-6-14-23,24-15-7-2-8-16-24,25-17-9-3-10-18-25)26-19-11-4-12-20-26/h1-22H. The zero-order valence-corrected chi connectivity index (χ0v) is 23.9. The number of rotatable bonds is 7. The quantitative estimate of drug-likeness (QED) is 0.148. The maximum absolute atomic E-state index is 14.5. The van der Waals surface area contributed by atoms with E-state index < -0.39 is 16.9 Å². The van der Waals surface area contributed by atoms with Crippen LogP contribution >= 0.6 is 41.6 Å². The number of benzene rings is 5. The Kier molecular flexibility index (Phi) is 7.41. The Hall–Kier alpha value is -2.69. The zero-order chi connectivity index (χ0) is 26.8. The van der Waals surface area contributed by atoms with Crippen LogP contribution in [0.5, 0.6) is 0 Å². The molecule has 0 saturated carbocycles. The maximum atomic E-state index is 14.5. The van der Waals surface area contributed by atoms with Gasteiger partial charge in [-0.1, -0.05) is 0 Å². The third-order valence-corrected chi connectivity index (χ3v) is 15.9. The molecule has 0 spiro atoms. The topological polar surface area (TPSA) is 43.4 Å². The molecule has 0 bridgehead atoms. The molecular weight excluding hydrogens is 578 g/mol. The predicted octanol–water partition coefficient (Wildman–Crippen LogP) is 7.12. The third-order valence-electron chi connectivity index (χ3n) is 6.51. The monoisotopic (exact) mass is 598 g/mol. The van der Waals surface area contributed by atoms with E-state index in [-0.39, 0.29) is 20.0 Å². The van der Waals surface area contributed by atoms with Gasteiger partial charge in [-0.25, -0.2) is 0 Å². The molecule has 0 unspecified atom stereocenters. The summed E-state index contributed by atoms with van der Waals surface area (Å²) in [6, 6.07) is 40.6. The first kappa shape index (κ1) is 26.9. The Labute approximate surface area is 237 Å². The second kappa shape index (κ2) is 10.5. The van der Waals surface area contributed by atoms with Crippen molar-refractivity contribution in [1.82, 2.24) is 0 Å². The summed E-state index contributed by atoms with van der Waals surface area (Å²) in [6.07, 6.45) is 0. The average Bonchev–Trinajstić information content (AvgIpc) is 2.96. The minimum absolute atomic E-state index is 0.0582. The van der Waals surface area contributed by atoms with Crippen LogP contribution in [0.2, 0.25) is 15.1 Å². The van der Waals surface area contributed by atoms with Crippen molar-refractivity contribution in [2.75, 3.05) is 0 Å². The summed E-state index contributed by atoms with van der Waals surface area (Å²) in [5, 5.41) is 2.73. The van der Waals surface area contributed by atoms with Crippen molar-refractivity contribution < 1.29 is 12.4 Å². The molecular formula is C30H22Cl3O3PS. The molecule has 0 saturated heterocycles. The molecule has 38 heavy (non-hydrogen) atoms. The van der Waals surface area contributed by atoms with E-state index in [9.17, 15) is 8.42 Å². The minimum atomic E-state index is -4.56. The Bertz CT molecular complexity index is 1510.